The minimum atomic E-state index is -4.85. The summed E-state index contributed by atoms with van der Waals surface area (Å²) in [6, 6.07) is 4.46. The Morgan fingerprint density at radius 3 is 1.92 bits per heavy atom. The number of rotatable bonds is 1. The minimum absolute atomic E-state index is 0.276. The van der Waals surface area contributed by atoms with Gasteiger partial charge < -0.3 is 0 Å². The molecule has 13 heavy (non-hydrogen) atoms. The first-order valence-electron chi connectivity index (χ1n) is 3.37. The Kier molecular flexibility index (Phi) is 2.81. The third-order valence-electron chi connectivity index (χ3n) is 1.45. The highest BCUT2D eigenvalue weighted by Crippen LogP contribution is 2.35. The van der Waals surface area contributed by atoms with Crippen molar-refractivity contribution in [2.45, 2.75) is 12.3 Å². The van der Waals surface area contributed by atoms with Gasteiger partial charge in [-0.1, -0.05) is 23.7 Å². The number of hydrogen-bond acceptors (Lipinski definition) is 0. The molecule has 0 heterocycles. The van der Waals surface area contributed by atoms with Gasteiger partial charge >= 0.3 is 6.18 Å². The van der Waals surface area contributed by atoms with Crippen molar-refractivity contribution >= 4 is 11.6 Å². The van der Waals surface area contributed by atoms with E-state index in [0.717, 1.165) is 12.1 Å². The summed E-state index contributed by atoms with van der Waals surface area (Å²) in [5, 5.41) is 0.276. The maximum absolute atomic E-state index is 12.6. The van der Waals surface area contributed by atoms with Crippen LogP contribution in [0.25, 0.3) is 0 Å². The predicted molar refractivity (Wildman–Crippen MR) is 41.4 cm³/mol. The second kappa shape index (κ2) is 3.54. The number of benzene rings is 1. The molecule has 0 bridgehead atoms. The largest absolute Gasteiger partial charge is 0.423 e. The average molecular weight is 213 g/mol. The normalized spacial score (nSPS) is 14.2. The Morgan fingerprint density at radius 2 is 1.54 bits per heavy atom. The molecule has 0 fully saturated rings. The number of halogens is 5. The fourth-order valence-corrected chi connectivity index (χ4v) is 0.947. The molecule has 1 aromatic carbocycles. The van der Waals surface area contributed by atoms with E-state index in [4.69, 9.17) is 11.6 Å². The van der Waals surface area contributed by atoms with Crippen LogP contribution in [-0.4, -0.2) is 6.18 Å². The quantitative estimate of drug-likeness (QED) is 0.619. The van der Waals surface area contributed by atoms with Gasteiger partial charge in [0.25, 0.3) is 0 Å². The summed E-state index contributed by atoms with van der Waals surface area (Å²) in [4.78, 5) is 0. The zero-order valence-electron chi connectivity index (χ0n) is 6.28. The summed E-state index contributed by atoms with van der Waals surface area (Å²) in [5.74, 6) is 0. The van der Waals surface area contributed by atoms with Crippen LogP contribution in [0.4, 0.5) is 17.6 Å². The van der Waals surface area contributed by atoms with Crippen LogP contribution < -0.4 is 0 Å². The van der Waals surface area contributed by atoms with Crippen LogP contribution in [0.1, 0.15) is 11.7 Å². The first kappa shape index (κ1) is 10.3. The van der Waals surface area contributed by atoms with Crippen LogP contribution in [0.5, 0.6) is 0 Å². The lowest BCUT2D eigenvalue weighted by Crippen LogP contribution is -2.16. The topological polar surface area (TPSA) is 0 Å². The maximum Gasteiger partial charge on any atom is 0.423 e. The molecular formula is C8H5ClF4. The lowest BCUT2D eigenvalue weighted by atomic mass is 10.1. The van der Waals surface area contributed by atoms with Gasteiger partial charge in [0.05, 0.1) is 0 Å². The summed E-state index contributed by atoms with van der Waals surface area (Å²) in [5.41, 5.74) is -0.433. The van der Waals surface area contributed by atoms with Crippen LogP contribution in [0.3, 0.4) is 0 Å². The second-order valence-corrected chi connectivity index (χ2v) is 2.89. The number of hydrogen-bond donors (Lipinski definition) is 0. The zero-order chi connectivity index (χ0) is 10.1. The van der Waals surface area contributed by atoms with Gasteiger partial charge in [-0.15, -0.1) is 0 Å². The molecule has 0 saturated heterocycles. The van der Waals surface area contributed by atoms with E-state index in [2.05, 4.69) is 0 Å². The van der Waals surface area contributed by atoms with E-state index in [1.54, 1.807) is 0 Å². The van der Waals surface area contributed by atoms with Gasteiger partial charge in [0, 0.05) is 5.02 Å². The molecule has 1 atom stereocenters. The van der Waals surface area contributed by atoms with Gasteiger partial charge in [-0.05, 0) is 17.7 Å². The summed E-state index contributed by atoms with van der Waals surface area (Å²) < 4.78 is 48.1. The van der Waals surface area contributed by atoms with E-state index >= 15 is 0 Å². The van der Waals surface area contributed by atoms with E-state index in [1.165, 1.54) is 12.1 Å². The molecule has 1 unspecified atom stereocenters. The van der Waals surface area contributed by atoms with Gasteiger partial charge in [-0.25, -0.2) is 4.39 Å². The van der Waals surface area contributed by atoms with Crippen molar-refractivity contribution in [1.29, 1.82) is 0 Å². The Morgan fingerprint density at radius 1 is 1.08 bits per heavy atom. The van der Waals surface area contributed by atoms with Gasteiger partial charge in [0.1, 0.15) is 0 Å². The Balaban J connectivity index is 2.90. The molecular weight excluding hydrogens is 208 g/mol. The third kappa shape index (κ3) is 2.59. The van der Waals surface area contributed by atoms with E-state index < -0.39 is 17.9 Å². The Bertz CT molecular complexity index is 277. The van der Waals surface area contributed by atoms with Crippen molar-refractivity contribution < 1.29 is 17.6 Å². The van der Waals surface area contributed by atoms with Gasteiger partial charge in [-0.3, -0.25) is 0 Å². The van der Waals surface area contributed by atoms with Crippen LogP contribution in [0.15, 0.2) is 24.3 Å². The summed E-state index contributed by atoms with van der Waals surface area (Å²) in [6.07, 6.45) is -7.79. The molecule has 0 amide bonds. The molecule has 72 valence electrons. The summed E-state index contributed by atoms with van der Waals surface area (Å²) in [7, 11) is 0. The molecule has 1 aromatic rings. The smallest absolute Gasteiger partial charge is 0.232 e. The standard InChI is InChI=1S/C8H5ClF4/c9-6-3-1-5(2-4-6)7(10)8(11,12)13/h1-4,7H. The molecule has 1 rings (SSSR count). The van der Waals surface area contributed by atoms with Crippen LogP contribution in [-0.2, 0) is 0 Å². The van der Waals surface area contributed by atoms with Crippen molar-refractivity contribution in [2.24, 2.45) is 0 Å². The first-order chi connectivity index (χ1) is 5.91. The van der Waals surface area contributed by atoms with Crippen LogP contribution >= 0.6 is 11.6 Å². The molecule has 0 aliphatic heterocycles. The monoisotopic (exact) mass is 212 g/mol. The van der Waals surface area contributed by atoms with Crippen molar-refractivity contribution in [1.82, 2.24) is 0 Å². The zero-order valence-corrected chi connectivity index (χ0v) is 7.03. The maximum atomic E-state index is 12.6. The first-order valence-corrected chi connectivity index (χ1v) is 3.75. The molecule has 0 aromatic heterocycles. The second-order valence-electron chi connectivity index (χ2n) is 2.46. The molecule has 0 nitrogen and oxygen atoms in total. The van der Waals surface area contributed by atoms with Crippen molar-refractivity contribution in [3.63, 3.8) is 0 Å². The Hall–Kier alpha value is -0.770. The van der Waals surface area contributed by atoms with E-state index in [1.807, 2.05) is 0 Å². The molecule has 0 N–H and O–H groups in total. The van der Waals surface area contributed by atoms with Crippen molar-refractivity contribution in [3.8, 4) is 0 Å². The fourth-order valence-electron chi connectivity index (χ4n) is 0.821. The van der Waals surface area contributed by atoms with Gasteiger partial charge in [0.2, 0.25) is 6.17 Å². The molecule has 0 radical (unpaired) electrons. The minimum Gasteiger partial charge on any atom is -0.232 e. The van der Waals surface area contributed by atoms with Crippen molar-refractivity contribution in [2.75, 3.05) is 0 Å². The van der Waals surface area contributed by atoms with Crippen molar-refractivity contribution in [3.05, 3.63) is 34.9 Å². The van der Waals surface area contributed by atoms with E-state index in [9.17, 15) is 17.6 Å². The Labute approximate surface area is 77.1 Å². The highest BCUT2D eigenvalue weighted by Gasteiger charge is 2.41. The lowest BCUT2D eigenvalue weighted by Gasteiger charge is -2.11. The van der Waals surface area contributed by atoms with Crippen LogP contribution in [0.2, 0.25) is 5.02 Å². The molecule has 0 aliphatic rings. The highest BCUT2D eigenvalue weighted by molar-refractivity contribution is 6.30. The highest BCUT2D eigenvalue weighted by atomic mass is 35.5. The molecule has 0 spiro atoms. The molecule has 5 heteroatoms. The average Bonchev–Trinajstić information content (AvgIpc) is 2.03. The fraction of sp³-hybridized carbons (Fsp3) is 0.250. The number of alkyl halides is 4. The predicted octanol–water partition coefficient (Wildman–Crippen LogP) is 3.91. The molecule has 0 aliphatic carbocycles. The van der Waals surface area contributed by atoms with E-state index in [-0.39, 0.29) is 5.02 Å². The SMILES string of the molecule is FC(c1ccc(Cl)cc1)C(F)(F)F. The summed E-state index contributed by atoms with van der Waals surface area (Å²) in [6.45, 7) is 0. The molecule has 0 saturated carbocycles. The lowest BCUT2D eigenvalue weighted by molar-refractivity contribution is -0.182. The van der Waals surface area contributed by atoms with Gasteiger partial charge in [-0.2, -0.15) is 13.2 Å². The summed E-state index contributed by atoms with van der Waals surface area (Å²) >= 11 is 5.43. The third-order valence-corrected chi connectivity index (χ3v) is 1.70. The van der Waals surface area contributed by atoms with E-state index in [0.29, 0.717) is 0 Å². The van der Waals surface area contributed by atoms with Crippen LogP contribution in [0, 0.1) is 0 Å². The van der Waals surface area contributed by atoms with Gasteiger partial charge in [0.15, 0.2) is 0 Å².